The topological polar surface area (TPSA) is 102 Å². The lowest BCUT2D eigenvalue weighted by Crippen LogP contribution is -2.31. The number of aromatic hydroxyl groups is 1. The SMILES string of the molecule is COc1cccc(C(NC(=O)CCCCC/C=C/C(C)C)OC(=O)c2ccc(C(C)=O)cc2O)c1. The van der Waals surface area contributed by atoms with Gasteiger partial charge in [-0.25, -0.2) is 4.79 Å². The number of benzene rings is 2. The second kappa shape index (κ2) is 13.9. The van der Waals surface area contributed by atoms with Crippen LogP contribution in [0.4, 0.5) is 0 Å². The minimum atomic E-state index is -1.08. The Hall–Kier alpha value is -3.61. The van der Waals surface area contributed by atoms with Crippen molar-refractivity contribution in [3.63, 3.8) is 0 Å². The van der Waals surface area contributed by atoms with E-state index in [-0.39, 0.29) is 28.6 Å². The Bertz CT molecular complexity index is 1040. The van der Waals surface area contributed by atoms with E-state index in [4.69, 9.17) is 9.47 Å². The molecule has 0 bridgehead atoms. The van der Waals surface area contributed by atoms with E-state index >= 15 is 0 Å². The van der Waals surface area contributed by atoms with Crippen molar-refractivity contribution in [3.05, 3.63) is 71.3 Å². The Morgan fingerprint density at radius 2 is 1.83 bits per heavy atom. The van der Waals surface area contributed by atoms with Gasteiger partial charge in [0, 0.05) is 17.5 Å². The monoisotopic (exact) mass is 481 g/mol. The van der Waals surface area contributed by atoms with Crippen LogP contribution in [-0.4, -0.2) is 29.9 Å². The zero-order chi connectivity index (χ0) is 25.8. The number of Topliss-reactive ketones (excluding diaryl/α,β-unsaturated/α-hetero) is 1. The van der Waals surface area contributed by atoms with Gasteiger partial charge < -0.3 is 19.9 Å². The standard InChI is InChI=1S/C28H35NO6/c1-19(2)11-8-6-5-7-9-14-26(32)29-27(22-12-10-13-23(17-22)34-4)35-28(33)24-16-15-21(20(3)30)18-25(24)31/h8,10-13,15-19,27,31H,5-7,9,14H2,1-4H3,(H,29,32)/b11-8+. The molecule has 0 spiro atoms. The second-order valence-electron chi connectivity index (χ2n) is 8.69. The van der Waals surface area contributed by atoms with E-state index in [0.717, 1.165) is 19.3 Å². The minimum Gasteiger partial charge on any atom is -0.507 e. The number of methoxy groups -OCH3 is 1. The number of hydrogen-bond acceptors (Lipinski definition) is 6. The first-order chi connectivity index (χ1) is 16.7. The van der Waals surface area contributed by atoms with Gasteiger partial charge in [0.15, 0.2) is 5.78 Å². The number of phenols is 1. The molecule has 0 aliphatic heterocycles. The van der Waals surface area contributed by atoms with Crippen molar-refractivity contribution in [2.75, 3.05) is 7.11 Å². The number of amides is 1. The highest BCUT2D eigenvalue weighted by molar-refractivity contribution is 5.98. The van der Waals surface area contributed by atoms with Crippen LogP contribution in [0.2, 0.25) is 0 Å². The lowest BCUT2D eigenvalue weighted by Gasteiger charge is -2.20. The molecule has 0 heterocycles. The predicted octanol–water partition coefficient (Wildman–Crippen LogP) is 5.74. The third-order valence-electron chi connectivity index (χ3n) is 5.33. The molecule has 7 nitrogen and oxygen atoms in total. The highest BCUT2D eigenvalue weighted by atomic mass is 16.6. The molecule has 2 rings (SSSR count). The lowest BCUT2D eigenvalue weighted by molar-refractivity contribution is -0.124. The molecule has 0 aromatic heterocycles. The average molecular weight is 482 g/mol. The molecule has 2 aromatic rings. The van der Waals surface area contributed by atoms with E-state index in [2.05, 4.69) is 31.3 Å². The molecule has 1 unspecified atom stereocenters. The van der Waals surface area contributed by atoms with Crippen LogP contribution in [0.25, 0.3) is 0 Å². The van der Waals surface area contributed by atoms with Crippen LogP contribution >= 0.6 is 0 Å². The van der Waals surface area contributed by atoms with Crippen LogP contribution in [0, 0.1) is 5.92 Å². The van der Waals surface area contributed by atoms with Crippen molar-refractivity contribution >= 4 is 17.7 Å². The average Bonchev–Trinajstić information content (AvgIpc) is 2.82. The largest absolute Gasteiger partial charge is 0.507 e. The van der Waals surface area contributed by atoms with E-state index in [0.29, 0.717) is 30.1 Å². The molecular formula is C28H35NO6. The number of hydrogen-bond donors (Lipinski definition) is 2. The van der Waals surface area contributed by atoms with Crippen LogP contribution < -0.4 is 10.1 Å². The Morgan fingerprint density at radius 3 is 2.49 bits per heavy atom. The summed E-state index contributed by atoms with van der Waals surface area (Å²) in [6.07, 6.45) is 7.17. The molecule has 0 fully saturated rings. The summed E-state index contributed by atoms with van der Waals surface area (Å²) in [5.74, 6) is -0.614. The summed E-state index contributed by atoms with van der Waals surface area (Å²) < 4.78 is 10.8. The lowest BCUT2D eigenvalue weighted by atomic mass is 10.1. The number of carbonyl (C=O) groups is 3. The molecular weight excluding hydrogens is 446 g/mol. The molecule has 0 aliphatic carbocycles. The van der Waals surface area contributed by atoms with Gasteiger partial charge in [0.1, 0.15) is 17.1 Å². The number of rotatable bonds is 13. The molecule has 188 valence electrons. The van der Waals surface area contributed by atoms with E-state index in [1.807, 2.05) is 0 Å². The van der Waals surface area contributed by atoms with Crippen LogP contribution in [0.3, 0.4) is 0 Å². The Balaban J connectivity index is 2.06. The third kappa shape index (κ3) is 9.27. The number of esters is 1. The smallest absolute Gasteiger partial charge is 0.344 e. The van der Waals surface area contributed by atoms with Crippen molar-refractivity contribution in [1.82, 2.24) is 5.32 Å². The van der Waals surface area contributed by atoms with Gasteiger partial charge in [0.2, 0.25) is 12.1 Å². The molecule has 7 heteroatoms. The molecule has 0 saturated carbocycles. The van der Waals surface area contributed by atoms with Crippen molar-refractivity contribution in [2.24, 2.45) is 5.92 Å². The summed E-state index contributed by atoms with van der Waals surface area (Å²) in [6.45, 7) is 5.63. The Morgan fingerprint density at radius 1 is 1.06 bits per heavy atom. The van der Waals surface area contributed by atoms with Crippen LogP contribution in [0.15, 0.2) is 54.6 Å². The summed E-state index contributed by atoms with van der Waals surface area (Å²) in [5.41, 5.74) is 0.688. The predicted molar refractivity (Wildman–Crippen MR) is 134 cm³/mol. The Labute approximate surface area is 207 Å². The number of allylic oxidation sites excluding steroid dienone is 2. The van der Waals surface area contributed by atoms with Crippen molar-refractivity contribution < 1.29 is 29.0 Å². The van der Waals surface area contributed by atoms with E-state index in [1.165, 1.54) is 32.2 Å². The minimum absolute atomic E-state index is 0.105. The molecule has 2 N–H and O–H groups in total. The highest BCUT2D eigenvalue weighted by Crippen LogP contribution is 2.25. The molecule has 1 amide bonds. The highest BCUT2D eigenvalue weighted by Gasteiger charge is 2.23. The van der Waals surface area contributed by atoms with Crippen molar-refractivity contribution in [1.29, 1.82) is 0 Å². The van der Waals surface area contributed by atoms with Gasteiger partial charge in [0.25, 0.3) is 0 Å². The quantitative estimate of drug-likeness (QED) is 0.124. The first-order valence-corrected chi connectivity index (χ1v) is 11.9. The number of unbranched alkanes of at least 4 members (excludes halogenated alkanes) is 3. The van der Waals surface area contributed by atoms with Crippen LogP contribution in [0.1, 0.15) is 85.4 Å². The van der Waals surface area contributed by atoms with Crippen molar-refractivity contribution in [2.45, 2.75) is 59.1 Å². The van der Waals surface area contributed by atoms with Crippen molar-refractivity contribution in [3.8, 4) is 11.5 Å². The van der Waals surface area contributed by atoms with Gasteiger partial charge in [0.05, 0.1) is 7.11 Å². The van der Waals surface area contributed by atoms with Gasteiger partial charge in [-0.1, -0.05) is 50.6 Å². The van der Waals surface area contributed by atoms with Crippen LogP contribution in [-0.2, 0) is 9.53 Å². The number of phenolic OH excluding ortho intramolecular Hbond substituents is 1. The van der Waals surface area contributed by atoms with Gasteiger partial charge in [-0.05, 0) is 56.4 Å². The fourth-order valence-corrected chi connectivity index (χ4v) is 3.39. The number of nitrogens with one attached hydrogen (secondary N) is 1. The Kier molecular flexibility index (Phi) is 11.0. The maximum Gasteiger partial charge on any atom is 0.344 e. The summed E-state index contributed by atoms with van der Waals surface area (Å²) in [6, 6.07) is 10.8. The molecule has 0 saturated heterocycles. The number of ether oxygens (including phenoxy) is 2. The first-order valence-electron chi connectivity index (χ1n) is 11.9. The number of ketones is 1. The van der Waals surface area contributed by atoms with Gasteiger partial charge in [-0.2, -0.15) is 0 Å². The molecule has 35 heavy (non-hydrogen) atoms. The maximum absolute atomic E-state index is 12.8. The fourth-order valence-electron chi connectivity index (χ4n) is 3.39. The normalized spacial score (nSPS) is 11.9. The summed E-state index contributed by atoms with van der Waals surface area (Å²) in [7, 11) is 1.52. The van der Waals surface area contributed by atoms with E-state index in [1.54, 1.807) is 24.3 Å². The molecule has 2 aromatic carbocycles. The molecule has 0 aliphatic rings. The molecule has 1 atom stereocenters. The van der Waals surface area contributed by atoms with E-state index < -0.39 is 12.2 Å². The van der Waals surface area contributed by atoms with Crippen LogP contribution in [0.5, 0.6) is 11.5 Å². The summed E-state index contributed by atoms with van der Waals surface area (Å²) >= 11 is 0. The zero-order valence-corrected chi connectivity index (χ0v) is 20.9. The number of carbonyl (C=O) groups excluding carboxylic acids is 3. The zero-order valence-electron chi connectivity index (χ0n) is 20.9. The maximum atomic E-state index is 12.8. The van der Waals surface area contributed by atoms with Gasteiger partial charge in [-0.3, -0.25) is 9.59 Å². The van der Waals surface area contributed by atoms with E-state index in [9.17, 15) is 19.5 Å². The second-order valence-corrected chi connectivity index (χ2v) is 8.69. The summed E-state index contributed by atoms with van der Waals surface area (Å²) in [4.78, 5) is 37.0. The third-order valence-corrected chi connectivity index (χ3v) is 5.33. The van der Waals surface area contributed by atoms with Gasteiger partial charge in [-0.15, -0.1) is 0 Å². The fraction of sp³-hybridized carbons (Fsp3) is 0.393. The molecule has 0 radical (unpaired) electrons. The van der Waals surface area contributed by atoms with Gasteiger partial charge >= 0.3 is 5.97 Å². The summed E-state index contributed by atoms with van der Waals surface area (Å²) in [5, 5.41) is 13.0. The first kappa shape index (κ1) is 27.6.